The van der Waals surface area contributed by atoms with Crippen molar-refractivity contribution in [1.82, 2.24) is 0 Å². The largest absolute Gasteiger partial charge is 0.465 e. The van der Waals surface area contributed by atoms with Crippen molar-refractivity contribution >= 4 is 5.97 Å². The molecular weight excluding hydrogens is 388 g/mol. The molecule has 1 unspecified atom stereocenters. The lowest BCUT2D eigenvalue weighted by Crippen LogP contribution is -2.28. The molecule has 0 saturated carbocycles. The van der Waals surface area contributed by atoms with Gasteiger partial charge < -0.3 is 14.2 Å². The van der Waals surface area contributed by atoms with Gasteiger partial charge in [0.2, 0.25) is 0 Å². The highest BCUT2D eigenvalue weighted by Gasteiger charge is 2.30. The second-order valence-electron chi connectivity index (χ2n) is 8.47. The average molecular weight is 417 g/mol. The number of rotatable bonds is 7. The standard InChI is InChI=1S/C27H28O4/c1-5-27(3,4)26(28)31-20-16-14-19(15-17-20)29-18(2)30-25-23-12-8-6-10-21(23)22-11-7-9-13-24(22)25/h6-18,25H,5H2,1-4H3. The normalized spacial score (nSPS) is 13.9. The second kappa shape index (κ2) is 8.56. The first kappa shape index (κ1) is 21.1. The fourth-order valence-electron chi connectivity index (χ4n) is 3.64. The van der Waals surface area contributed by atoms with Gasteiger partial charge in [0, 0.05) is 0 Å². The fourth-order valence-corrected chi connectivity index (χ4v) is 3.64. The van der Waals surface area contributed by atoms with E-state index in [0.717, 1.165) is 17.5 Å². The van der Waals surface area contributed by atoms with Gasteiger partial charge in [-0.05, 0) is 73.7 Å². The summed E-state index contributed by atoms with van der Waals surface area (Å²) < 4.78 is 17.8. The first-order valence-electron chi connectivity index (χ1n) is 10.7. The Labute approximate surface area is 183 Å². The number of fused-ring (bicyclic) bond motifs is 3. The van der Waals surface area contributed by atoms with Crippen LogP contribution in [0.1, 0.15) is 51.3 Å². The van der Waals surface area contributed by atoms with Crippen LogP contribution in [0, 0.1) is 5.41 Å². The van der Waals surface area contributed by atoms with Gasteiger partial charge in [-0.25, -0.2) is 0 Å². The Kier molecular flexibility index (Phi) is 5.84. The lowest BCUT2D eigenvalue weighted by Gasteiger charge is -2.22. The van der Waals surface area contributed by atoms with Gasteiger partial charge in [-0.3, -0.25) is 4.79 Å². The Balaban J connectivity index is 1.43. The molecule has 4 nitrogen and oxygen atoms in total. The molecule has 0 N–H and O–H groups in total. The summed E-state index contributed by atoms with van der Waals surface area (Å²) in [6, 6.07) is 23.7. The molecule has 0 aliphatic heterocycles. The zero-order valence-electron chi connectivity index (χ0n) is 18.4. The van der Waals surface area contributed by atoms with Crippen LogP contribution in [0.25, 0.3) is 11.1 Å². The van der Waals surface area contributed by atoms with Crippen molar-refractivity contribution in [3.05, 3.63) is 83.9 Å². The first-order valence-corrected chi connectivity index (χ1v) is 10.7. The van der Waals surface area contributed by atoms with Gasteiger partial charge in [-0.15, -0.1) is 0 Å². The van der Waals surface area contributed by atoms with Crippen LogP contribution in [0.5, 0.6) is 11.5 Å². The van der Waals surface area contributed by atoms with Gasteiger partial charge in [-0.2, -0.15) is 0 Å². The highest BCUT2D eigenvalue weighted by atomic mass is 16.7. The van der Waals surface area contributed by atoms with Crippen LogP contribution >= 0.6 is 0 Å². The minimum absolute atomic E-state index is 0.168. The third-order valence-electron chi connectivity index (χ3n) is 5.88. The van der Waals surface area contributed by atoms with Crippen molar-refractivity contribution in [2.75, 3.05) is 0 Å². The molecular formula is C27H28O4. The second-order valence-corrected chi connectivity index (χ2v) is 8.47. The van der Waals surface area contributed by atoms with E-state index in [0.29, 0.717) is 11.5 Å². The molecule has 160 valence electrons. The summed E-state index contributed by atoms with van der Waals surface area (Å²) in [5.41, 5.74) is 4.21. The van der Waals surface area contributed by atoms with Gasteiger partial charge in [-0.1, -0.05) is 55.5 Å². The van der Waals surface area contributed by atoms with E-state index < -0.39 is 11.7 Å². The molecule has 3 aromatic rings. The van der Waals surface area contributed by atoms with E-state index in [4.69, 9.17) is 14.2 Å². The number of carbonyl (C=O) groups is 1. The van der Waals surface area contributed by atoms with Gasteiger partial charge in [0.15, 0.2) is 6.29 Å². The predicted molar refractivity (Wildman–Crippen MR) is 121 cm³/mol. The average Bonchev–Trinajstić information content (AvgIpc) is 3.09. The molecule has 1 aliphatic rings. The van der Waals surface area contributed by atoms with Gasteiger partial charge in [0.05, 0.1) is 5.41 Å². The summed E-state index contributed by atoms with van der Waals surface area (Å²) in [7, 11) is 0. The van der Waals surface area contributed by atoms with Gasteiger partial charge in [0.25, 0.3) is 0 Å². The van der Waals surface area contributed by atoms with E-state index >= 15 is 0 Å². The highest BCUT2D eigenvalue weighted by Crippen LogP contribution is 2.45. The quantitative estimate of drug-likeness (QED) is 0.249. The summed E-state index contributed by atoms with van der Waals surface area (Å²) in [4.78, 5) is 12.2. The van der Waals surface area contributed by atoms with Crippen LogP contribution in [-0.2, 0) is 9.53 Å². The van der Waals surface area contributed by atoms with Crippen LogP contribution in [0.2, 0.25) is 0 Å². The van der Waals surface area contributed by atoms with Crippen LogP contribution in [-0.4, -0.2) is 12.3 Å². The molecule has 0 amide bonds. The molecule has 4 heteroatoms. The number of esters is 1. The molecule has 3 aromatic carbocycles. The van der Waals surface area contributed by atoms with E-state index in [1.807, 2.05) is 52.0 Å². The van der Waals surface area contributed by atoms with E-state index in [1.54, 1.807) is 24.3 Å². The Morgan fingerprint density at radius 2 is 1.39 bits per heavy atom. The van der Waals surface area contributed by atoms with Gasteiger partial charge >= 0.3 is 5.97 Å². The Hall–Kier alpha value is -3.11. The maximum absolute atomic E-state index is 12.2. The van der Waals surface area contributed by atoms with E-state index in [1.165, 1.54) is 11.1 Å². The number of carbonyl (C=O) groups excluding carboxylic acids is 1. The zero-order valence-corrected chi connectivity index (χ0v) is 18.4. The summed E-state index contributed by atoms with van der Waals surface area (Å²) in [6.07, 6.45) is 0.0884. The molecule has 0 aromatic heterocycles. The SMILES string of the molecule is CCC(C)(C)C(=O)Oc1ccc(OC(C)OC2c3ccccc3-c3ccccc32)cc1. The highest BCUT2D eigenvalue weighted by molar-refractivity contribution is 5.78. The van der Waals surface area contributed by atoms with Crippen LogP contribution in [0.15, 0.2) is 72.8 Å². The molecule has 0 heterocycles. The topological polar surface area (TPSA) is 44.8 Å². The molecule has 1 atom stereocenters. The smallest absolute Gasteiger partial charge is 0.316 e. The number of hydrogen-bond acceptors (Lipinski definition) is 4. The summed E-state index contributed by atoms with van der Waals surface area (Å²) >= 11 is 0. The first-order chi connectivity index (χ1) is 14.9. The molecule has 0 bridgehead atoms. The van der Waals surface area contributed by atoms with E-state index in [9.17, 15) is 4.79 Å². The lowest BCUT2D eigenvalue weighted by molar-refractivity contribution is -0.144. The van der Waals surface area contributed by atoms with Crippen molar-refractivity contribution < 1.29 is 19.0 Å². The zero-order chi connectivity index (χ0) is 22.0. The van der Waals surface area contributed by atoms with E-state index in [-0.39, 0.29) is 12.1 Å². The maximum atomic E-state index is 12.2. The minimum atomic E-state index is -0.509. The van der Waals surface area contributed by atoms with Crippen molar-refractivity contribution in [2.24, 2.45) is 5.41 Å². The van der Waals surface area contributed by atoms with Crippen molar-refractivity contribution in [1.29, 1.82) is 0 Å². The monoisotopic (exact) mass is 416 g/mol. The summed E-state index contributed by atoms with van der Waals surface area (Å²) in [6.45, 7) is 7.62. The molecule has 31 heavy (non-hydrogen) atoms. The van der Waals surface area contributed by atoms with Crippen LogP contribution in [0.3, 0.4) is 0 Å². The molecule has 0 saturated heterocycles. The molecule has 0 radical (unpaired) electrons. The third kappa shape index (κ3) is 4.35. The molecule has 0 fully saturated rings. The molecule has 1 aliphatic carbocycles. The number of benzene rings is 3. The van der Waals surface area contributed by atoms with E-state index in [2.05, 4.69) is 24.3 Å². The number of ether oxygens (including phenoxy) is 3. The third-order valence-corrected chi connectivity index (χ3v) is 5.88. The van der Waals surface area contributed by atoms with Gasteiger partial charge in [0.1, 0.15) is 17.6 Å². The Morgan fingerprint density at radius 1 is 0.871 bits per heavy atom. The summed E-state index contributed by atoms with van der Waals surface area (Å²) in [5, 5.41) is 0. The molecule has 0 spiro atoms. The number of hydrogen-bond donors (Lipinski definition) is 0. The molecule has 4 rings (SSSR count). The fraction of sp³-hybridized carbons (Fsp3) is 0.296. The van der Waals surface area contributed by atoms with Crippen molar-refractivity contribution in [2.45, 2.75) is 46.5 Å². The van der Waals surface area contributed by atoms with Crippen molar-refractivity contribution in [3.63, 3.8) is 0 Å². The Morgan fingerprint density at radius 3 is 1.94 bits per heavy atom. The Bertz CT molecular complexity index is 1020. The van der Waals surface area contributed by atoms with Crippen LogP contribution < -0.4 is 9.47 Å². The van der Waals surface area contributed by atoms with Crippen LogP contribution in [0.4, 0.5) is 0 Å². The maximum Gasteiger partial charge on any atom is 0.316 e. The lowest BCUT2D eigenvalue weighted by atomic mass is 9.91. The predicted octanol–water partition coefficient (Wildman–Crippen LogP) is 6.54. The summed E-state index contributed by atoms with van der Waals surface area (Å²) in [5.74, 6) is 0.923. The minimum Gasteiger partial charge on any atom is -0.465 e. The van der Waals surface area contributed by atoms with Crippen molar-refractivity contribution in [3.8, 4) is 22.6 Å².